The average molecular weight is 195 g/mol. The van der Waals surface area contributed by atoms with Gasteiger partial charge in [0.1, 0.15) is 0 Å². The second-order valence-electron chi connectivity index (χ2n) is 3.76. The molecule has 1 aliphatic rings. The van der Waals surface area contributed by atoms with Crippen LogP contribution >= 0.6 is 0 Å². The zero-order valence-corrected chi connectivity index (χ0v) is 9.21. The Labute approximate surface area is 86.5 Å². The van der Waals surface area contributed by atoms with Gasteiger partial charge >= 0.3 is 0 Å². The smallest absolute Gasteiger partial charge is 0.0797 e. The van der Waals surface area contributed by atoms with Crippen LogP contribution in [-0.2, 0) is 0 Å². The van der Waals surface area contributed by atoms with Crippen LogP contribution in [0.4, 0.5) is 0 Å². The molecule has 0 radical (unpaired) electrons. The van der Waals surface area contributed by atoms with Gasteiger partial charge in [-0.1, -0.05) is 6.92 Å². The third-order valence-corrected chi connectivity index (χ3v) is 2.84. The third kappa shape index (κ3) is 2.76. The molecule has 0 amide bonds. The maximum Gasteiger partial charge on any atom is 0.0797 e. The first-order valence-electron chi connectivity index (χ1n) is 5.45. The molecule has 1 heterocycles. The van der Waals surface area contributed by atoms with E-state index in [0.29, 0.717) is 6.04 Å². The Balaban J connectivity index is 2.08. The summed E-state index contributed by atoms with van der Waals surface area (Å²) >= 11 is 0. The minimum atomic E-state index is 0.631. The number of unbranched alkanes of at least 4 members (excludes halogenated alkanes) is 1. The average Bonchev–Trinajstić information content (AvgIpc) is 2.20. The van der Waals surface area contributed by atoms with E-state index in [9.17, 15) is 0 Å². The summed E-state index contributed by atoms with van der Waals surface area (Å²) in [5, 5.41) is 3.49. The van der Waals surface area contributed by atoms with Crippen molar-refractivity contribution in [2.45, 2.75) is 45.6 Å². The largest absolute Gasteiger partial charge is 0.390 e. The Bertz CT molecular complexity index is 231. The Hall–Kier alpha value is -0.990. The number of hydrogen-bond acceptors (Lipinski definition) is 2. The van der Waals surface area contributed by atoms with E-state index in [0.717, 1.165) is 19.4 Å². The molecule has 1 unspecified atom stereocenters. The van der Waals surface area contributed by atoms with Crippen molar-refractivity contribution in [3.05, 3.63) is 11.3 Å². The quantitative estimate of drug-likeness (QED) is 0.386. The third-order valence-electron chi connectivity index (χ3n) is 2.84. The van der Waals surface area contributed by atoms with E-state index >= 15 is 0 Å². The molecule has 3 heteroatoms. The van der Waals surface area contributed by atoms with Crippen molar-refractivity contribution in [3.63, 3.8) is 0 Å². The Morgan fingerprint density at radius 2 is 2.29 bits per heavy atom. The van der Waals surface area contributed by atoms with E-state index < -0.39 is 0 Å². The van der Waals surface area contributed by atoms with Gasteiger partial charge in [-0.25, -0.2) is 0 Å². The van der Waals surface area contributed by atoms with Gasteiger partial charge in [0, 0.05) is 18.3 Å². The molecule has 0 aromatic carbocycles. The number of nitrogens with zero attached hydrogens (tertiary/aromatic N) is 1. The fourth-order valence-electron chi connectivity index (χ4n) is 1.86. The first kappa shape index (κ1) is 11.1. The van der Waals surface area contributed by atoms with Crippen molar-refractivity contribution in [2.75, 3.05) is 6.54 Å². The van der Waals surface area contributed by atoms with Crippen LogP contribution in [0.2, 0.25) is 0 Å². The fourth-order valence-corrected chi connectivity index (χ4v) is 1.86. The molecular formula is C11H21N3. The highest BCUT2D eigenvalue weighted by Gasteiger charge is 2.22. The van der Waals surface area contributed by atoms with Gasteiger partial charge < -0.3 is 11.1 Å². The standard InChI is InChI=1S/C11H21N3/c1-3-10-9(2)11(14-10)6-4-5-7-13-8-12/h8,11,14H,3-7H2,1-2H3,(H2,12,13). The minimum absolute atomic E-state index is 0.631. The molecule has 1 aliphatic heterocycles. The lowest BCUT2D eigenvalue weighted by atomic mass is 9.92. The van der Waals surface area contributed by atoms with Crippen molar-refractivity contribution in [1.29, 1.82) is 0 Å². The van der Waals surface area contributed by atoms with Crippen molar-refractivity contribution in [3.8, 4) is 0 Å². The summed E-state index contributed by atoms with van der Waals surface area (Å²) in [5.41, 5.74) is 8.15. The summed E-state index contributed by atoms with van der Waals surface area (Å²) in [6, 6.07) is 0.631. The number of allylic oxidation sites excluding steroid dienone is 1. The van der Waals surface area contributed by atoms with Gasteiger partial charge in [-0.2, -0.15) is 0 Å². The fraction of sp³-hybridized carbons (Fsp3) is 0.727. The molecule has 0 saturated carbocycles. The van der Waals surface area contributed by atoms with Gasteiger partial charge in [-0.3, -0.25) is 4.99 Å². The first-order valence-corrected chi connectivity index (χ1v) is 5.45. The topological polar surface area (TPSA) is 50.4 Å². The van der Waals surface area contributed by atoms with E-state index in [4.69, 9.17) is 5.73 Å². The van der Waals surface area contributed by atoms with Crippen molar-refractivity contribution in [2.24, 2.45) is 10.7 Å². The first-order chi connectivity index (χ1) is 6.79. The number of nitrogens with one attached hydrogen (secondary N) is 1. The summed E-state index contributed by atoms with van der Waals surface area (Å²) in [5.74, 6) is 0. The number of hydrogen-bond donors (Lipinski definition) is 2. The summed E-state index contributed by atoms with van der Waals surface area (Å²) in [7, 11) is 0. The zero-order valence-electron chi connectivity index (χ0n) is 9.21. The molecule has 3 N–H and O–H groups in total. The van der Waals surface area contributed by atoms with Gasteiger partial charge in [-0.05, 0) is 38.2 Å². The highest BCUT2D eigenvalue weighted by atomic mass is 15.0. The van der Waals surface area contributed by atoms with E-state index in [1.807, 2.05) is 0 Å². The molecule has 0 bridgehead atoms. The van der Waals surface area contributed by atoms with Crippen molar-refractivity contribution >= 4 is 6.34 Å². The normalized spacial score (nSPS) is 21.1. The maximum absolute atomic E-state index is 5.15. The second-order valence-corrected chi connectivity index (χ2v) is 3.76. The van der Waals surface area contributed by atoms with Crippen LogP contribution in [0, 0.1) is 0 Å². The predicted molar refractivity (Wildman–Crippen MR) is 61.3 cm³/mol. The van der Waals surface area contributed by atoms with E-state index in [1.54, 1.807) is 5.57 Å². The summed E-state index contributed by atoms with van der Waals surface area (Å²) in [4.78, 5) is 3.98. The Morgan fingerprint density at radius 3 is 2.86 bits per heavy atom. The van der Waals surface area contributed by atoms with Crippen LogP contribution in [0.15, 0.2) is 16.3 Å². The lowest BCUT2D eigenvalue weighted by Crippen LogP contribution is -2.40. The molecule has 0 saturated heterocycles. The lowest BCUT2D eigenvalue weighted by Gasteiger charge is -2.34. The van der Waals surface area contributed by atoms with E-state index in [2.05, 4.69) is 24.2 Å². The minimum Gasteiger partial charge on any atom is -0.390 e. The summed E-state index contributed by atoms with van der Waals surface area (Å²) in [6.07, 6.45) is 6.13. The molecule has 0 aliphatic carbocycles. The lowest BCUT2D eigenvalue weighted by molar-refractivity contribution is 0.483. The van der Waals surface area contributed by atoms with E-state index in [-0.39, 0.29) is 0 Å². The van der Waals surface area contributed by atoms with Crippen LogP contribution in [0.3, 0.4) is 0 Å². The van der Waals surface area contributed by atoms with E-state index in [1.165, 1.54) is 24.9 Å². The number of nitrogens with two attached hydrogens (primary N) is 1. The van der Waals surface area contributed by atoms with Crippen LogP contribution in [-0.4, -0.2) is 18.9 Å². The Morgan fingerprint density at radius 1 is 1.50 bits per heavy atom. The molecule has 0 aromatic heterocycles. The SMILES string of the molecule is CCC1=C(C)C(CCCCN=CN)N1. The Kier molecular flexibility index (Phi) is 4.50. The predicted octanol–water partition coefficient (Wildman–Crippen LogP) is 1.80. The molecule has 3 nitrogen and oxygen atoms in total. The summed E-state index contributed by atoms with van der Waals surface area (Å²) in [6.45, 7) is 5.29. The zero-order chi connectivity index (χ0) is 10.4. The van der Waals surface area contributed by atoms with Crippen molar-refractivity contribution < 1.29 is 0 Å². The molecule has 14 heavy (non-hydrogen) atoms. The molecule has 80 valence electrons. The van der Waals surface area contributed by atoms with Gasteiger partial charge in [-0.15, -0.1) is 0 Å². The van der Waals surface area contributed by atoms with Gasteiger partial charge in [0.05, 0.1) is 6.34 Å². The molecule has 0 spiro atoms. The van der Waals surface area contributed by atoms with Crippen molar-refractivity contribution in [1.82, 2.24) is 5.32 Å². The van der Waals surface area contributed by atoms with Gasteiger partial charge in [0.25, 0.3) is 0 Å². The monoisotopic (exact) mass is 195 g/mol. The molecule has 0 aromatic rings. The molecular weight excluding hydrogens is 174 g/mol. The van der Waals surface area contributed by atoms with Gasteiger partial charge in [0.2, 0.25) is 0 Å². The maximum atomic E-state index is 5.15. The van der Waals surface area contributed by atoms with Crippen LogP contribution < -0.4 is 11.1 Å². The van der Waals surface area contributed by atoms with Crippen LogP contribution in [0.25, 0.3) is 0 Å². The number of aliphatic imine (C=N–C) groups is 1. The highest BCUT2D eigenvalue weighted by molar-refractivity contribution is 5.50. The van der Waals surface area contributed by atoms with Gasteiger partial charge in [0.15, 0.2) is 0 Å². The summed E-state index contributed by atoms with van der Waals surface area (Å²) < 4.78 is 0. The van der Waals surface area contributed by atoms with Crippen LogP contribution in [0.5, 0.6) is 0 Å². The molecule has 0 fully saturated rings. The molecule has 1 rings (SSSR count). The second kappa shape index (κ2) is 5.68. The highest BCUT2D eigenvalue weighted by Crippen LogP contribution is 2.24. The molecule has 1 atom stereocenters. The number of rotatable bonds is 6. The van der Waals surface area contributed by atoms with Crippen LogP contribution in [0.1, 0.15) is 39.5 Å².